The summed E-state index contributed by atoms with van der Waals surface area (Å²) in [5.41, 5.74) is 1.34. The van der Waals surface area contributed by atoms with Crippen LogP contribution in [0.2, 0.25) is 0 Å². The van der Waals surface area contributed by atoms with E-state index in [2.05, 4.69) is 5.32 Å². The van der Waals surface area contributed by atoms with E-state index in [1.54, 1.807) is 39.3 Å². The smallest absolute Gasteiger partial charge is 0.408 e. The van der Waals surface area contributed by atoms with Crippen LogP contribution in [0, 0.1) is 6.92 Å². The molecule has 0 aliphatic carbocycles. The number of fused-ring (bicyclic) bond motifs is 1. The number of hydrogen-bond acceptors (Lipinski definition) is 5. The molecule has 0 bridgehead atoms. The van der Waals surface area contributed by atoms with Gasteiger partial charge < -0.3 is 24.4 Å². The van der Waals surface area contributed by atoms with Crippen molar-refractivity contribution in [2.75, 3.05) is 38.6 Å². The molecule has 0 aliphatic heterocycles. The number of nitrogens with zero attached hydrogens (tertiary/aromatic N) is 3. The number of aromatic nitrogens is 1. The minimum atomic E-state index is -0.639. The lowest BCUT2D eigenvalue weighted by molar-refractivity contribution is 0.0983. The summed E-state index contributed by atoms with van der Waals surface area (Å²) in [7, 11) is 5.01. The number of likely N-dealkylation sites (N-methyl/N-ethyl adjacent to an activating group) is 2. The number of amides is 2. The minimum absolute atomic E-state index is 0.00751. The fourth-order valence-electron chi connectivity index (χ4n) is 3.74. The number of anilines is 1. The third kappa shape index (κ3) is 4.75. The molecule has 174 valence electrons. The Morgan fingerprint density at radius 1 is 1.09 bits per heavy atom. The summed E-state index contributed by atoms with van der Waals surface area (Å²) >= 11 is 0. The van der Waals surface area contributed by atoms with Gasteiger partial charge in [0.25, 0.3) is 11.5 Å². The van der Waals surface area contributed by atoms with E-state index in [4.69, 9.17) is 4.74 Å². The molecule has 3 aromatic rings. The zero-order valence-electron chi connectivity index (χ0n) is 19.7. The largest absolute Gasteiger partial charge is 0.415 e. The SMILES string of the molecule is CCN(C(=O)c1c(OC(=O)N(C)CCNC)c2c(C)cccc2n(C)c1=O)c1ccccc1. The van der Waals surface area contributed by atoms with E-state index in [0.29, 0.717) is 36.2 Å². The molecule has 3 rings (SSSR count). The van der Waals surface area contributed by atoms with Crippen molar-refractivity contribution >= 4 is 28.6 Å². The van der Waals surface area contributed by atoms with Crippen LogP contribution in [0.3, 0.4) is 0 Å². The third-order valence-electron chi connectivity index (χ3n) is 5.63. The predicted octanol–water partition coefficient (Wildman–Crippen LogP) is 3.16. The molecule has 33 heavy (non-hydrogen) atoms. The quantitative estimate of drug-likeness (QED) is 0.598. The fraction of sp³-hybridized carbons (Fsp3) is 0.320. The molecule has 8 nitrogen and oxygen atoms in total. The molecule has 0 saturated carbocycles. The van der Waals surface area contributed by atoms with Crippen LogP contribution in [0.4, 0.5) is 10.5 Å². The van der Waals surface area contributed by atoms with Gasteiger partial charge >= 0.3 is 6.09 Å². The molecule has 0 saturated heterocycles. The lowest BCUT2D eigenvalue weighted by Gasteiger charge is -2.24. The van der Waals surface area contributed by atoms with Crippen LogP contribution >= 0.6 is 0 Å². The highest BCUT2D eigenvalue weighted by atomic mass is 16.6. The number of ether oxygens (including phenoxy) is 1. The van der Waals surface area contributed by atoms with Crippen LogP contribution in [-0.4, -0.2) is 55.2 Å². The van der Waals surface area contributed by atoms with Gasteiger partial charge in [-0.25, -0.2) is 4.79 Å². The Kier molecular flexibility index (Phi) is 7.50. The molecular weight excluding hydrogens is 420 g/mol. The van der Waals surface area contributed by atoms with Crippen molar-refractivity contribution in [2.24, 2.45) is 7.05 Å². The third-order valence-corrected chi connectivity index (χ3v) is 5.63. The second-order valence-corrected chi connectivity index (χ2v) is 7.82. The van der Waals surface area contributed by atoms with Crippen LogP contribution in [-0.2, 0) is 7.05 Å². The Balaban J connectivity index is 2.23. The molecule has 1 heterocycles. The standard InChI is InChI=1S/C25H30N4O4/c1-6-29(18-12-8-7-9-13-18)24(31)21-22(33-25(32)27(4)16-15-26-3)20-17(2)11-10-14-19(20)28(5)23(21)30/h7-14,26H,6,15-16H2,1-5H3. The topological polar surface area (TPSA) is 83.9 Å². The fourth-order valence-corrected chi connectivity index (χ4v) is 3.74. The van der Waals surface area contributed by atoms with Gasteiger partial charge in [0.1, 0.15) is 5.56 Å². The van der Waals surface area contributed by atoms with E-state index >= 15 is 0 Å². The van der Waals surface area contributed by atoms with Crippen molar-refractivity contribution in [3.05, 3.63) is 70.0 Å². The van der Waals surface area contributed by atoms with Gasteiger partial charge in [0.15, 0.2) is 5.75 Å². The van der Waals surface area contributed by atoms with Gasteiger partial charge in [0.05, 0.1) is 5.52 Å². The number of carbonyl (C=O) groups excluding carboxylic acids is 2. The molecule has 0 aliphatic rings. The second kappa shape index (κ2) is 10.3. The van der Waals surface area contributed by atoms with Crippen molar-refractivity contribution in [2.45, 2.75) is 13.8 Å². The van der Waals surface area contributed by atoms with Gasteiger partial charge in [0, 0.05) is 44.8 Å². The molecule has 0 spiro atoms. The van der Waals surface area contributed by atoms with Gasteiger partial charge in [0.2, 0.25) is 0 Å². The second-order valence-electron chi connectivity index (χ2n) is 7.82. The van der Waals surface area contributed by atoms with Gasteiger partial charge in [-0.3, -0.25) is 9.59 Å². The number of nitrogens with one attached hydrogen (secondary N) is 1. The Hall–Kier alpha value is -3.65. The zero-order valence-corrected chi connectivity index (χ0v) is 19.7. The maximum Gasteiger partial charge on any atom is 0.415 e. The Morgan fingerprint density at radius 2 is 1.79 bits per heavy atom. The summed E-state index contributed by atoms with van der Waals surface area (Å²) in [6.07, 6.45) is -0.639. The number of rotatable bonds is 7. The lowest BCUT2D eigenvalue weighted by Crippen LogP contribution is -2.39. The lowest BCUT2D eigenvalue weighted by atomic mass is 10.0. The monoisotopic (exact) mass is 450 g/mol. The summed E-state index contributed by atoms with van der Waals surface area (Å²) in [4.78, 5) is 43.0. The van der Waals surface area contributed by atoms with Crippen LogP contribution < -0.4 is 20.5 Å². The van der Waals surface area contributed by atoms with Gasteiger partial charge in [-0.2, -0.15) is 0 Å². The van der Waals surface area contributed by atoms with Crippen LogP contribution in [0.25, 0.3) is 10.9 Å². The van der Waals surface area contributed by atoms with Crippen molar-refractivity contribution in [3.8, 4) is 5.75 Å². The maximum atomic E-state index is 13.7. The van der Waals surface area contributed by atoms with Crippen molar-refractivity contribution in [3.63, 3.8) is 0 Å². The normalized spacial score (nSPS) is 10.8. The summed E-state index contributed by atoms with van der Waals surface area (Å²) in [6, 6.07) is 14.6. The number of carbonyl (C=O) groups is 2. The number of hydrogen-bond donors (Lipinski definition) is 1. The maximum absolute atomic E-state index is 13.7. The highest BCUT2D eigenvalue weighted by molar-refractivity contribution is 6.11. The van der Waals surface area contributed by atoms with Crippen LogP contribution in [0.1, 0.15) is 22.8 Å². The molecule has 1 N–H and O–H groups in total. The first-order valence-corrected chi connectivity index (χ1v) is 10.9. The van der Waals surface area contributed by atoms with E-state index in [1.165, 1.54) is 14.4 Å². The average Bonchev–Trinajstić information content (AvgIpc) is 2.81. The van der Waals surface area contributed by atoms with E-state index in [9.17, 15) is 14.4 Å². The van der Waals surface area contributed by atoms with Crippen molar-refractivity contribution in [1.82, 2.24) is 14.8 Å². The molecule has 2 aromatic carbocycles. The predicted molar refractivity (Wildman–Crippen MR) is 130 cm³/mol. The van der Waals surface area contributed by atoms with Gasteiger partial charge in [-0.05, 0) is 44.7 Å². The molecule has 0 unspecified atom stereocenters. The van der Waals surface area contributed by atoms with Crippen molar-refractivity contribution in [1.29, 1.82) is 0 Å². The summed E-state index contributed by atoms with van der Waals surface area (Å²) < 4.78 is 7.21. The zero-order chi connectivity index (χ0) is 24.1. The van der Waals surface area contributed by atoms with E-state index in [1.807, 2.05) is 44.2 Å². The van der Waals surface area contributed by atoms with E-state index in [0.717, 1.165) is 5.56 Å². The Morgan fingerprint density at radius 3 is 2.42 bits per heavy atom. The summed E-state index contributed by atoms with van der Waals surface area (Å²) in [6.45, 7) is 5.01. The summed E-state index contributed by atoms with van der Waals surface area (Å²) in [5, 5.41) is 3.54. The van der Waals surface area contributed by atoms with E-state index in [-0.39, 0.29) is 11.3 Å². The molecular formula is C25H30N4O4. The first-order valence-electron chi connectivity index (χ1n) is 10.9. The molecule has 8 heteroatoms. The van der Waals surface area contributed by atoms with Crippen molar-refractivity contribution < 1.29 is 14.3 Å². The number of benzene rings is 2. The molecule has 0 radical (unpaired) electrons. The minimum Gasteiger partial charge on any atom is -0.408 e. The van der Waals surface area contributed by atoms with Crippen LogP contribution in [0.5, 0.6) is 5.75 Å². The highest BCUT2D eigenvalue weighted by Crippen LogP contribution is 2.32. The van der Waals surface area contributed by atoms with E-state index < -0.39 is 17.6 Å². The average molecular weight is 451 g/mol. The summed E-state index contributed by atoms with van der Waals surface area (Å²) in [5.74, 6) is -0.526. The highest BCUT2D eigenvalue weighted by Gasteiger charge is 2.29. The number of para-hydroxylation sites is 1. The number of pyridine rings is 1. The molecule has 0 fully saturated rings. The number of aryl methyl sites for hydroxylation is 2. The first-order chi connectivity index (χ1) is 15.8. The Labute approximate surface area is 193 Å². The molecule has 1 aromatic heterocycles. The molecule has 0 atom stereocenters. The van der Waals surface area contributed by atoms with Gasteiger partial charge in [-0.15, -0.1) is 0 Å². The van der Waals surface area contributed by atoms with Gasteiger partial charge in [-0.1, -0.05) is 30.3 Å². The molecule has 2 amide bonds. The van der Waals surface area contributed by atoms with Crippen LogP contribution in [0.15, 0.2) is 53.3 Å². The first kappa shape index (κ1) is 24.0. The Bertz CT molecular complexity index is 1220.